The van der Waals surface area contributed by atoms with E-state index in [9.17, 15) is 4.79 Å². The predicted octanol–water partition coefficient (Wildman–Crippen LogP) is 6.66. The van der Waals surface area contributed by atoms with Crippen LogP contribution < -0.4 is 0 Å². The Hall–Kier alpha value is -1.05. The molecule has 0 saturated heterocycles. The minimum atomic E-state index is -0.822. The monoisotopic (exact) mass is 308 g/mol. The molecule has 0 bridgehead atoms. The summed E-state index contributed by atoms with van der Waals surface area (Å²) in [4.78, 5) is 10.8. The lowest BCUT2D eigenvalue weighted by Crippen LogP contribution is -1.97. The molecule has 1 N–H and O–H groups in total. The molecule has 0 amide bonds. The van der Waals surface area contributed by atoms with Crippen LogP contribution in [0.25, 0.3) is 0 Å². The van der Waals surface area contributed by atoms with Crippen molar-refractivity contribution in [3.8, 4) is 0 Å². The van der Waals surface area contributed by atoms with Crippen LogP contribution in [0.3, 0.4) is 0 Å². The van der Waals surface area contributed by atoms with Gasteiger partial charge < -0.3 is 5.11 Å². The van der Waals surface area contributed by atoms with Gasteiger partial charge in [0.2, 0.25) is 0 Å². The highest BCUT2D eigenvalue weighted by Gasteiger charge is 2.01. The highest BCUT2D eigenvalue weighted by molar-refractivity contribution is 5.87. The zero-order valence-corrected chi connectivity index (χ0v) is 15.0. The molecule has 0 radical (unpaired) electrons. The van der Waals surface area contributed by atoms with Gasteiger partial charge >= 0.3 is 5.97 Å². The van der Waals surface area contributed by atoms with Crippen molar-refractivity contribution < 1.29 is 9.90 Å². The Bertz CT molecular complexity index is 340. The lowest BCUT2D eigenvalue weighted by molar-refractivity contribution is -0.132. The third kappa shape index (κ3) is 12.7. The highest BCUT2D eigenvalue weighted by Crippen LogP contribution is 2.12. The van der Waals surface area contributed by atoms with Crippen LogP contribution in [-0.2, 0) is 4.79 Å². The van der Waals surface area contributed by atoms with E-state index in [2.05, 4.69) is 13.0 Å². The molecule has 2 heteroatoms. The molecule has 128 valence electrons. The Labute approximate surface area is 137 Å². The lowest BCUT2D eigenvalue weighted by Gasteiger charge is -2.02. The van der Waals surface area contributed by atoms with Crippen molar-refractivity contribution in [1.82, 2.24) is 0 Å². The van der Waals surface area contributed by atoms with Crippen molar-refractivity contribution in [2.75, 3.05) is 0 Å². The van der Waals surface area contributed by atoms with Gasteiger partial charge in [-0.2, -0.15) is 0 Å². The maximum Gasteiger partial charge on any atom is 0.331 e. The summed E-state index contributed by atoms with van der Waals surface area (Å²) in [5.41, 5.74) is 1.30. The van der Waals surface area contributed by atoms with Crippen LogP contribution in [0.2, 0.25) is 0 Å². The Morgan fingerprint density at radius 3 is 1.73 bits per heavy atom. The van der Waals surface area contributed by atoms with E-state index in [1.807, 2.05) is 13.0 Å². The van der Waals surface area contributed by atoms with E-state index in [0.29, 0.717) is 5.57 Å². The average Bonchev–Trinajstić information content (AvgIpc) is 2.50. The minimum Gasteiger partial charge on any atom is -0.478 e. The first-order chi connectivity index (χ1) is 10.6. The topological polar surface area (TPSA) is 37.3 Å². The van der Waals surface area contributed by atoms with Crippen molar-refractivity contribution >= 4 is 5.97 Å². The molecule has 0 spiro atoms. The molecule has 0 aromatic rings. The van der Waals surface area contributed by atoms with Crippen LogP contribution >= 0.6 is 0 Å². The molecule has 0 aliphatic heterocycles. The van der Waals surface area contributed by atoms with Crippen LogP contribution in [0.5, 0.6) is 0 Å². The Morgan fingerprint density at radius 2 is 1.27 bits per heavy atom. The van der Waals surface area contributed by atoms with Gasteiger partial charge in [0.25, 0.3) is 0 Å². The van der Waals surface area contributed by atoms with E-state index < -0.39 is 5.97 Å². The van der Waals surface area contributed by atoms with Gasteiger partial charge in [0.05, 0.1) is 0 Å². The molecule has 2 nitrogen and oxygen atoms in total. The van der Waals surface area contributed by atoms with Crippen LogP contribution in [-0.4, -0.2) is 11.1 Å². The molecular weight excluding hydrogens is 272 g/mol. The van der Waals surface area contributed by atoms with Crippen LogP contribution in [0.4, 0.5) is 0 Å². The summed E-state index contributed by atoms with van der Waals surface area (Å²) in [7, 11) is 0. The summed E-state index contributed by atoms with van der Waals surface area (Å²) in [6.45, 7) is 5.78. The van der Waals surface area contributed by atoms with Gasteiger partial charge in [-0.25, -0.2) is 4.79 Å². The van der Waals surface area contributed by atoms with Crippen molar-refractivity contribution in [3.05, 3.63) is 23.3 Å². The van der Waals surface area contributed by atoms with E-state index in [-0.39, 0.29) is 0 Å². The average molecular weight is 309 g/mol. The number of carboxylic acids is 1. The molecule has 0 fully saturated rings. The molecule has 0 aliphatic rings. The molecule has 0 heterocycles. The van der Waals surface area contributed by atoms with E-state index in [1.54, 1.807) is 6.92 Å². The summed E-state index contributed by atoms with van der Waals surface area (Å²) in [6.07, 6.45) is 20.1. The first kappa shape index (κ1) is 20.9. The van der Waals surface area contributed by atoms with Gasteiger partial charge in [-0.05, 0) is 32.3 Å². The number of hydrogen-bond acceptors (Lipinski definition) is 1. The number of aliphatic carboxylic acids is 1. The second kappa shape index (κ2) is 14.9. The first-order valence-corrected chi connectivity index (χ1v) is 9.17. The van der Waals surface area contributed by atoms with Gasteiger partial charge in [0.15, 0.2) is 0 Å². The molecule has 0 aromatic heterocycles. The number of carboxylic acid groups (broad SMARTS) is 1. The zero-order chi connectivity index (χ0) is 16.6. The maximum absolute atomic E-state index is 10.8. The summed E-state index contributed by atoms with van der Waals surface area (Å²) in [5, 5.41) is 8.86. The van der Waals surface area contributed by atoms with Crippen LogP contribution in [0, 0.1) is 0 Å². The number of unbranched alkanes of at least 4 members (excludes halogenated alkanes) is 11. The Morgan fingerprint density at radius 1 is 0.818 bits per heavy atom. The quantitative estimate of drug-likeness (QED) is 0.221. The van der Waals surface area contributed by atoms with Crippen LogP contribution in [0.1, 0.15) is 97.8 Å². The number of carbonyl (C=O) groups is 1. The minimum absolute atomic E-state index is 0.440. The van der Waals surface area contributed by atoms with Gasteiger partial charge in [0.1, 0.15) is 0 Å². The van der Waals surface area contributed by atoms with E-state index >= 15 is 0 Å². The number of hydrogen-bond donors (Lipinski definition) is 1. The molecular formula is C20H36O2. The molecule has 0 unspecified atom stereocenters. The molecule has 0 rings (SSSR count). The fourth-order valence-corrected chi connectivity index (χ4v) is 2.48. The third-order valence-corrected chi connectivity index (χ3v) is 4.25. The fourth-order valence-electron chi connectivity index (χ4n) is 2.48. The molecule has 0 aromatic carbocycles. The van der Waals surface area contributed by atoms with E-state index in [4.69, 9.17) is 5.11 Å². The third-order valence-electron chi connectivity index (χ3n) is 4.25. The van der Waals surface area contributed by atoms with Gasteiger partial charge in [0, 0.05) is 5.57 Å². The van der Waals surface area contributed by atoms with Gasteiger partial charge in [-0.15, -0.1) is 0 Å². The van der Waals surface area contributed by atoms with Crippen molar-refractivity contribution in [2.24, 2.45) is 0 Å². The van der Waals surface area contributed by atoms with Crippen molar-refractivity contribution in [2.45, 2.75) is 97.8 Å². The van der Waals surface area contributed by atoms with Crippen LogP contribution in [0.15, 0.2) is 23.3 Å². The first-order valence-electron chi connectivity index (χ1n) is 9.17. The number of rotatable bonds is 14. The summed E-state index contributed by atoms with van der Waals surface area (Å²) >= 11 is 0. The molecule has 0 saturated carbocycles. The largest absolute Gasteiger partial charge is 0.478 e. The summed E-state index contributed by atoms with van der Waals surface area (Å²) < 4.78 is 0. The predicted molar refractivity (Wildman–Crippen MR) is 96.2 cm³/mol. The summed E-state index contributed by atoms with van der Waals surface area (Å²) in [5.74, 6) is -0.822. The molecule has 0 atom stereocenters. The van der Waals surface area contributed by atoms with E-state index in [1.165, 1.54) is 70.6 Å². The highest BCUT2D eigenvalue weighted by atomic mass is 16.4. The second-order valence-electron chi connectivity index (χ2n) is 6.34. The molecule has 22 heavy (non-hydrogen) atoms. The van der Waals surface area contributed by atoms with Gasteiger partial charge in [-0.1, -0.05) is 83.3 Å². The van der Waals surface area contributed by atoms with Crippen molar-refractivity contribution in [3.63, 3.8) is 0 Å². The number of allylic oxidation sites excluding steroid dienone is 3. The van der Waals surface area contributed by atoms with Gasteiger partial charge in [-0.3, -0.25) is 0 Å². The lowest BCUT2D eigenvalue weighted by atomic mass is 10.0. The Kier molecular flexibility index (Phi) is 14.2. The Balaban J connectivity index is 3.40. The smallest absolute Gasteiger partial charge is 0.331 e. The SMILES string of the molecule is CCCCCCCCCCCCC/C=C/C(C)=C(\C)C(=O)O. The molecule has 0 aliphatic carbocycles. The zero-order valence-electron chi connectivity index (χ0n) is 15.0. The fraction of sp³-hybridized carbons (Fsp3) is 0.750. The maximum atomic E-state index is 10.8. The standard InChI is InChI=1S/C20H36O2/c1-4-5-6-7-8-9-10-11-12-13-14-15-16-17-18(2)19(3)20(21)22/h16-17H,4-15H2,1-3H3,(H,21,22)/b17-16+,19-18+. The van der Waals surface area contributed by atoms with Crippen molar-refractivity contribution in [1.29, 1.82) is 0 Å². The van der Waals surface area contributed by atoms with E-state index in [0.717, 1.165) is 12.0 Å². The second-order valence-corrected chi connectivity index (χ2v) is 6.34. The summed E-state index contributed by atoms with van der Waals surface area (Å²) in [6, 6.07) is 0. The normalized spacial score (nSPS) is 12.7.